The van der Waals surface area contributed by atoms with E-state index in [2.05, 4.69) is 150 Å². The Bertz CT molecular complexity index is 2990. The number of anilines is 1. The lowest BCUT2D eigenvalue weighted by Crippen LogP contribution is -1.95. The maximum Gasteiger partial charge on any atom is 0.0944 e. The molecule has 10 rings (SSSR count). The Morgan fingerprint density at radius 2 is 1.09 bits per heavy atom. The van der Waals surface area contributed by atoms with Crippen molar-refractivity contribution in [2.75, 3.05) is 5.73 Å². The summed E-state index contributed by atoms with van der Waals surface area (Å²) in [5.74, 6) is 0. The van der Waals surface area contributed by atoms with Crippen LogP contribution in [0, 0.1) is 0 Å². The third-order valence-electron chi connectivity index (χ3n) is 10.6. The van der Waals surface area contributed by atoms with Crippen molar-refractivity contribution in [1.29, 1.82) is 0 Å². The van der Waals surface area contributed by atoms with E-state index >= 15 is 0 Å². The van der Waals surface area contributed by atoms with Crippen molar-refractivity contribution in [3.63, 3.8) is 0 Å². The lowest BCUT2D eigenvalue weighted by atomic mass is 9.89. The molecule has 0 spiro atoms. The number of pyridine rings is 1. The molecular weight excluding hydrogens is 657 g/mol. The van der Waals surface area contributed by atoms with Crippen molar-refractivity contribution >= 4 is 55.0 Å². The Hall–Kier alpha value is -7.17. The number of aromatic nitrogens is 3. The second kappa shape index (κ2) is 13.1. The Morgan fingerprint density at radius 3 is 1.85 bits per heavy atom. The molecule has 0 aliphatic rings. The van der Waals surface area contributed by atoms with Crippen LogP contribution in [0.1, 0.15) is 11.1 Å². The SMILES string of the molecule is Nc1c(/C=C\Cc2cccc(-c3ccc4ccc5cccc6ccc3c4c56)c2)ccc2ccc(-c3ccc(-c4cnc(-c5ccccc5)cn4)cc3)nc12. The summed E-state index contributed by atoms with van der Waals surface area (Å²) in [7, 11) is 0. The minimum atomic E-state index is 0.679. The highest BCUT2D eigenvalue weighted by molar-refractivity contribution is 6.25. The second-order valence-corrected chi connectivity index (χ2v) is 13.8. The van der Waals surface area contributed by atoms with Crippen LogP contribution in [0.5, 0.6) is 0 Å². The molecule has 0 bridgehead atoms. The number of fused-ring (bicyclic) bond motifs is 1. The summed E-state index contributed by atoms with van der Waals surface area (Å²) < 4.78 is 0. The average Bonchev–Trinajstić information content (AvgIpc) is 3.24. The first-order valence-electron chi connectivity index (χ1n) is 18.3. The maximum atomic E-state index is 6.79. The highest BCUT2D eigenvalue weighted by Gasteiger charge is 2.13. The smallest absolute Gasteiger partial charge is 0.0944 e. The van der Waals surface area contributed by atoms with E-state index in [-0.39, 0.29) is 0 Å². The molecule has 2 heterocycles. The van der Waals surface area contributed by atoms with Gasteiger partial charge in [0, 0.05) is 22.1 Å². The molecule has 0 saturated carbocycles. The molecule has 0 unspecified atom stereocenters. The van der Waals surface area contributed by atoms with E-state index in [1.807, 2.05) is 42.7 Å². The fourth-order valence-electron chi connectivity index (χ4n) is 7.75. The van der Waals surface area contributed by atoms with Crippen LogP contribution < -0.4 is 5.73 Å². The maximum absolute atomic E-state index is 6.79. The van der Waals surface area contributed by atoms with Crippen molar-refractivity contribution in [1.82, 2.24) is 15.0 Å². The number of hydrogen-bond acceptors (Lipinski definition) is 4. The van der Waals surface area contributed by atoms with Gasteiger partial charge >= 0.3 is 0 Å². The van der Waals surface area contributed by atoms with Crippen molar-refractivity contribution < 1.29 is 0 Å². The standard InChI is InChI=1S/C50H34N4/c51-49-39(13-4-7-32-8-5-14-41(29-32)42-26-23-38-20-19-36-11-6-12-37-24-27-43(42)48(38)47(36)37)21-22-40-25-28-44(54-50(40)49)34-15-17-35(18-16-34)46-31-52-45(30-53-46)33-9-2-1-3-10-33/h1-6,8-31H,7,51H2/b13-4-. The number of allylic oxidation sites excluding steroid dienone is 1. The van der Waals surface area contributed by atoms with Gasteiger partial charge < -0.3 is 5.73 Å². The summed E-state index contributed by atoms with van der Waals surface area (Å²) in [6.45, 7) is 0. The molecule has 0 saturated heterocycles. The predicted octanol–water partition coefficient (Wildman–Crippen LogP) is 12.4. The first-order valence-corrected chi connectivity index (χ1v) is 18.3. The van der Waals surface area contributed by atoms with Crippen LogP contribution >= 0.6 is 0 Å². The summed E-state index contributed by atoms with van der Waals surface area (Å²) in [6, 6.07) is 55.7. The molecule has 2 N–H and O–H groups in total. The van der Waals surface area contributed by atoms with Crippen LogP contribution in [-0.4, -0.2) is 15.0 Å². The molecule has 10 aromatic rings. The molecule has 4 nitrogen and oxygen atoms in total. The molecule has 254 valence electrons. The fourth-order valence-corrected chi connectivity index (χ4v) is 7.75. The third kappa shape index (κ3) is 5.62. The largest absolute Gasteiger partial charge is 0.396 e. The normalized spacial score (nSPS) is 11.8. The van der Waals surface area contributed by atoms with Gasteiger partial charge in [0.1, 0.15) is 0 Å². The van der Waals surface area contributed by atoms with Crippen LogP contribution in [0.2, 0.25) is 0 Å². The Balaban J connectivity index is 0.888. The molecule has 0 radical (unpaired) electrons. The van der Waals surface area contributed by atoms with Crippen LogP contribution in [0.15, 0.2) is 176 Å². The molecule has 8 aromatic carbocycles. The van der Waals surface area contributed by atoms with Crippen molar-refractivity contribution in [2.24, 2.45) is 0 Å². The highest BCUT2D eigenvalue weighted by atomic mass is 14.8. The van der Waals surface area contributed by atoms with Gasteiger partial charge in [-0.2, -0.15) is 0 Å². The van der Waals surface area contributed by atoms with Gasteiger partial charge in [-0.3, -0.25) is 9.97 Å². The van der Waals surface area contributed by atoms with Crippen molar-refractivity contribution in [3.8, 4) is 44.9 Å². The Labute approximate surface area is 313 Å². The van der Waals surface area contributed by atoms with E-state index < -0.39 is 0 Å². The number of hydrogen-bond donors (Lipinski definition) is 1. The topological polar surface area (TPSA) is 64.7 Å². The second-order valence-electron chi connectivity index (χ2n) is 13.8. The average molecular weight is 691 g/mol. The quantitative estimate of drug-likeness (QED) is 0.134. The summed E-state index contributed by atoms with van der Waals surface area (Å²) in [6.07, 6.45) is 8.75. The minimum absolute atomic E-state index is 0.679. The summed E-state index contributed by atoms with van der Waals surface area (Å²) in [5, 5.41) is 8.84. The number of nitrogens with zero attached hydrogens (tertiary/aromatic N) is 3. The Kier molecular flexibility index (Phi) is 7.66. The van der Waals surface area contributed by atoms with Gasteiger partial charge in [0.05, 0.1) is 40.7 Å². The molecule has 0 aliphatic heterocycles. The Morgan fingerprint density at radius 1 is 0.481 bits per heavy atom. The van der Waals surface area contributed by atoms with Gasteiger partial charge in [-0.15, -0.1) is 0 Å². The fraction of sp³-hybridized carbons (Fsp3) is 0.0200. The molecular formula is C50H34N4. The van der Waals surface area contributed by atoms with Crippen LogP contribution in [0.3, 0.4) is 0 Å². The van der Waals surface area contributed by atoms with Gasteiger partial charge in [-0.05, 0) is 67.1 Å². The van der Waals surface area contributed by atoms with Gasteiger partial charge in [0.15, 0.2) is 0 Å². The number of nitrogens with two attached hydrogens (primary N) is 1. The van der Waals surface area contributed by atoms with Crippen LogP contribution in [-0.2, 0) is 6.42 Å². The van der Waals surface area contributed by atoms with E-state index in [0.29, 0.717) is 5.69 Å². The molecule has 4 heteroatoms. The number of rotatable bonds is 7. The predicted molar refractivity (Wildman–Crippen MR) is 226 cm³/mol. The summed E-state index contributed by atoms with van der Waals surface area (Å²) >= 11 is 0. The van der Waals surface area contributed by atoms with Crippen molar-refractivity contribution in [3.05, 3.63) is 187 Å². The van der Waals surface area contributed by atoms with Gasteiger partial charge in [-0.25, -0.2) is 4.98 Å². The van der Waals surface area contributed by atoms with Crippen LogP contribution in [0.4, 0.5) is 5.69 Å². The molecule has 0 amide bonds. The zero-order valence-corrected chi connectivity index (χ0v) is 29.4. The lowest BCUT2D eigenvalue weighted by molar-refractivity contribution is 1.21. The first-order chi connectivity index (χ1) is 26.7. The van der Waals surface area contributed by atoms with E-state index in [0.717, 1.165) is 56.7 Å². The molecule has 2 aromatic heterocycles. The van der Waals surface area contributed by atoms with Crippen molar-refractivity contribution in [2.45, 2.75) is 6.42 Å². The third-order valence-corrected chi connectivity index (χ3v) is 10.6. The number of benzene rings is 8. The lowest BCUT2D eigenvalue weighted by Gasteiger charge is -2.14. The monoisotopic (exact) mass is 690 g/mol. The molecule has 0 fully saturated rings. The van der Waals surface area contributed by atoms with E-state index in [1.54, 1.807) is 0 Å². The minimum Gasteiger partial charge on any atom is -0.396 e. The zero-order valence-electron chi connectivity index (χ0n) is 29.4. The van der Waals surface area contributed by atoms with Gasteiger partial charge in [-0.1, -0.05) is 164 Å². The molecule has 0 atom stereocenters. The molecule has 54 heavy (non-hydrogen) atoms. The summed E-state index contributed by atoms with van der Waals surface area (Å²) in [5.41, 5.74) is 18.6. The highest BCUT2D eigenvalue weighted by Crippen LogP contribution is 2.39. The van der Waals surface area contributed by atoms with E-state index in [1.165, 1.54) is 49.0 Å². The van der Waals surface area contributed by atoms with Gasteiger partial charge in [0.25, 0.3) is 0 Å². The summed E-state index contributed by atoms with van der Waals surface area (Å²) in [4.78, 5) is 14.4. The van der Waals surface area contributed by atoms with Crippen LogP contribution in [0.25, 0.3) is 94.2 Å². The zero-order chi connectivity index (χ0) is 36.0. The first kappa shape index (κ1) is 31.6. The van der Waals surface area contributed by atoms with E-state index in [9.17, 15) is 0 Å². The molecule has 0 aliphatic carbocycles. The van der Waals surface area contributed by atoms with Gasteiger partial charge in [0.2, 0.25) is 0 Å². The van der Waals surface area contributed by atoms with E-state index in [4.69, 9.17) is 10.7 Å². The number of nitrogen functional groups attached to an aromatic ring is 1.